The van der Waals surface area contributed by atoms with Crippen molar-refractivity contribution < 1.29 is 41.2 Å². The number of nitro groups is 1. The minimum atomic E-state index is -0.437. The number of nitrogen functional groups attached to an aromatic ring is 1. The number of halogens is 3. The first-order valence-electron chi connectivity index (χ1n) is 25.9. The number of rotatable bonds is 13. The maximum Gasteiger partial charge on any atom is 0.320 e. The number of hydrogen-bond acceptors (Lipinski definition) is 16. The molecule has 0 atom stereocenters. The van der Waals surface area contributed by atoms with E-state index in [4.69, 9.17) is 24.0 Å². The van der Waals surface area contributed by atoms with Gasteiger partial charge in [-0.05, 0) is 152 Å². The van der Waals surface area contributed by atoms with E-state index >= 15 is 0 Å². The first-order chi connectivity index (χ1) is 40.2. The summed E-state index contributed by atoms with van der Waals surface area (Å²) in [4.78, 5) is 34.1. The number of ether oxygens (including phenoxy) is 2. The van der Waals surface area contributed by atoms with Crippen molar-refractivity contribution in [2.75, 3.05) is 54.7 Å². The highest BCUT2D eigenvalue weighted by Crippen LogP contribution is 2.31. The first kappa shape index (κ1) is 57.5. The van der Waals surface area contributed by atoms with Crippen LogP contribution in [0.25, 0.3) is 45.3 Å². The molecule has 0 unspecified atom stereocenters. The number of morpholine rings is 1. The third-order valence-corrected chi connectivity index (χ3v) is 13.5. The Morgan fingerprint density at radius 2 is 1.35 bits per heavy atom. The van der Waals surface area contributed by atoms with E-state index in [-0.39, 0.29) is 47.2 Å². The van der Waals surface area contributed by atoms with Gasteiger partial charge in [-0.15, -0.1) is 16.4 Å². The number of ketones is 1. The predicted molar refractivity (Wildman–Crippen MR) is 317 cm³/mol. The number of methoxy groups -OCH3 is 1. The fourth-order valence-electron chi connectivity index (χ4n) is 8.36. The summed E-state index contributed by atoms with van der Waals surface area (Å²) in [5, 5.41) is 27.3. The average molecular weight is 1140 g/mol. The van der Waals surface area contributed by atoms with E-state index in [2.05, 4.69) is 35.7 Å². The highest BCUT2D eigenvalue weighted by Gasteiger charge is 2.17. The van der Waals surface area contributed by atoms with E-state index < -0.39 is 4.92 Å². The number of carbonyl (C=O) groups excluding carboxylic acids is 1. The van der Waals surface area contributed by atoms with Gasteiger partial charge in [-0.2, -0.15) is 0 Å². The van der Waals surface area contributed by atoms with Crippen LogP contribution in [0.4, 0.5) is 52.8 Å². The van der Waals surface area contributed by atoms with E-state index in [9.17, 15) is 28.1 Å². The van der Waals surface area contributed by atoms with E-state index in [0.29, 0.717) is 39.7 Å². The molecule has 0 spiro atoms. The van der Waals surface area contributed by atoms with Crippen molar-refractivity contribution in [3.63, 3.8) is 0 Å². The fourth-order valence-corrected chi connectivity index (χ4v) is 9.10. The molecule has 8 aromatic carbocycles. The fraction of sp³-hybridized carbons (Fsp3) is 0.127. The number of fused-ring (bicyclic) bond motifs is 1. The van der Waals surface area contributed by atoms with Crippen LogP contribution in [0.5, 0.6) is 5.75 Å². The number of nitro benzene ring substituents is 1. The van der Waals surface area contributed by atoms with E-state index in [1.807, 2.05) is 97.2 Å². The number of hydrogen-bond donors (Lipinski definition) is 3. The highest BCUT2D eigenvalue weighted by atomic mass is 32.1. The van der Waals surface area contributed by atoms with Crippen molar-refractivity contribution in [3.8, 4) is 39.9 Å². The molecule has 3 aromatic heterocycles. The Kier molecular flexibility index (Phi) is 18.9. The van der Waals surface area contributed by atoms with Gasteiger partial charge in [-0.25, -0.2) is 23.1 Å². The van der Waals surface area contributed by atoms with E-state index in [0.717, 1.165) is 81.9 Å². The van der Waals surface area contributed by atoms with Gasteiger partial charge < -0.3 is 39.6 Å². The summed E-state index contributed by atoms with van der Waals surface area (Å²) in [5.41, 5.74) is 17.3. The van der Waals surface area contributed by atoms with Gasteiger partial charge in [0, 0.05) is 75.8 Å². The second-order valence-corrected chi connectivity index (χ2v) is 19.5. The van der Waals surface area contributed by atoms with Gasteiger partial charge in [-0.3, -0.25) is 14.9 Å². The van der Waals surface area contributed by atoms with Crippen molar-refractivity contribution in [2.45, 2.75) is 20.3 Å². The molecule has 0 radical (unpaired) electrons. The predicted octanol–water partition coefficient (Wildman–Crippen LogP) is 15.0. The third kappa shape index (κ3) is 15.8. The maximum atomic E-state index is 12.8. The molecule has 0 bridgehead atoms. The Labute approximate surface area is 479 Å². The number of anilines is 6. The van der Waals surface area contributed by atoms with Crippen LogP contribution in [0.3, 0.4) is 0 Å². The van der Waals surface area contributed by atoms with Gasteiger partial charge in [0.05, 0.1) is 36.6 Å². The summed E-state index contributed by atoms with van der Waals surface area (Å²) >= 11 is 1.53. The summed E-state index contributed by atoms with van der Waals surface area (Å²) in [7, 11) is 1.59. The molecule has 1 saturated heterocycles. The number of aromatic nitrogens is 4. The van der Waals surface area contributed by atoms with Crippen LogP contribution in [0.2, 0.25) is 0 Å². The Morgan fingerprint density at radius 3 is 1.99 bits per heavy atom. The molecule has 11 aromatic rings. The lowest BCUT2D eigenvalue weighted by Crippen LogP contribution is -2.36. The standard InChI is InChI=1S/C19H20N2O4.C15H11FN2S.C15H14N2O2.C14H9F2N3O/c1-14-12-16(4-7-18(14)21(23)24)19(22)13-15-2-5-17(6-3-15)20-8-10-25-11-9-20;16-12-6-8-13(9-7-12)17-15-18-14(10-19-15)11-4-2-1-3-5-11;1-9-3-5-14-12(7-9)17-15(19-14)10-4-6-13(18-2)11(16)8-10;15-10-3-1-9(2-4-10)13-18-19-14(20-13)17-12-7-5-11(16)6-8-12/h2-7,12H,8-11,13H2,1H3;1-10H,(H,17,18);3-8H,16H2,1-2H3;1-8H,(H,17,19). The van der Waals surface area contributed by atoms with Crippen LogP contribution in [-0.4, -0.2) is 64.3 Å². The third-order valence-electron chi connectivity index (χ3n) is 12.7. The number of oxazole rings is 1. The number of Topliss-reactive ketones (excluding diaryl/α,β-unsaturated/α-hetero) is 1. The van der Waals surface area contributed by atoms with Gasteiger partial charge in [0.1, 0.15) is 28.7 Å². The molecule has 12 rings (SSSR count). The SMILES string of the molecule is COc1ccc(-c2nc3cc(C)ccc3o2)cc1N.Cc1cc(C(=O)Cc2ccc(N3CCOCC3)cc2)ccc1[N+](=O)[O-].Fc1ccc(Nc2nc(-c3ccccc3)cs2)cc1.Fc1ccc(Nc2nnc(-c3ccc(F)cc3)o2)cc1. The van der Waals surface area contributed by atoms with Gasteiger partial charge in [0.15, 0.2) is 16.5 Å². The lowest BCUT2D eigenvalue weighted by atomic mass is 10.0. The highest BCUT2D eigenvalue weighted by molar-refractivity contribution is 7.14. The quantitative estimate of drug-likeness (QED) is 0.0424. The molecular weight excluding hydrogens is 1080 g/mol. The van der Waals surface area contributed by atoms with Crippen LogP contribution in [-0.2, 0) is 11.2 Å². The molecule has 0 amide bonds. The molecule has 20 heteroatoms. The number of carbonyl (C=O) groups is 1. The van der Waals surface area contributed by atoms with Crippen LogP contribution in [0.1, 0.15) is 27.0 Å². The maximum absolute atomic E-state index is 12.8. The first-order valence-corrected chi connectivity index (χ1v) is 26.8. The van der Waals surface area contributed by atoms with Gasteiger partial charge >= 0.3 is 6.01 Å². The minimum Gasteiger partial charge on any atom is -0.495 e. The lowest BCUT2D eigenvalue weighted by Gasteiger charge is -2.28. The number of thiazole rings is 1. The van der Waals surface area contributed by atoms with Gasteiger partial charge in [-0.1, -0.05) is 53.6 Å². The molecule has 0 aliphatic carbocycles. The zero-order chi connectivity index (χ0) is 58.2. The molecule has 420 valence electrons. The second-order valence-electron chi connectivity index (χ2n) is 18.7. The van der Waals surface area contributed by atoms with Crippen molar-refractivity contribution in [3.05, 3.63) is 237 Å². The van der Waals surface area contributed by atoms with Gasteiger partial charge in [0.25, 0.3) is 5.69 Å². The van der Waals surface area contributed by atoms with Crippen molar-refractivity contribution >= 4 is 67.8 Å². The van der Waals surface area contributed by atoms with Gasteiger partial charge in [0.2, 0.25) is 11.8 Å². The molecule has 4 N–H and O–H groups in total. The smallest absolute Gasteiger partial charge is 0.320 e. The van der Waals surface area contributed by atoms with Crippen molar-refractivity contribution in [1.29, 1.82) is 0 Å². The van der Waals surface area contributed by atoms with Crippen molar-refractivity contribution in [1.82, 2.24) is 20.2 Å². The molecular formula is C63H54F3N9O7S. The van der Waals surface area contributed by atoms with Crippen molar-refractivity contribution in [2.24, 2.45) is 0 Å². The zero-order valence-electron chi connectivity index (χ0n) is 45.1. The normalized spacial score (nSPS) is 11.7. The monoisotopic (exact) mass is 1140 g/mol. The largest absolute Gasteiger partial charge is 0.495 e. The topological polar surface area (TPSA) is 210 Å². The Bertz CT molecular complexity index is 3930. The summed E-state index contributed by atoms with van der Waals surface area (Å²) in [6.45, 7) is 6.89. The molecule has 0 saturated carbocycles. The molecule has 1 aliphatic rings. The summed E-state index contributed by atoms with van der Waals surface area (Å²) in [6, 6.07) is 51.8. The number of nitrogens with zero attached hydrogens (tertiary/aromatic N) is 6. The summed E-state index contributed by atoms with van der Waals surface area (Å²) in [5.74, 6) is 0.540. The lowest BCUT2D eigenvalue weighted by molar-refractivity contribution is -0.385. The summed E-state index contributed by atoms with van der Waals surface area (Å²) in [6.07, 6.45) is 0.278. The Balaban J connectivity index is 0.000000134. The number of nitrogens with two attached hydrogens (primary N) is 1. The minimum absolute atomic E-state index is 0.0337. The number of benzene rings is 8. The summed E-state index contributed by atoms with van der Waals surface area (Å²) < 4.78 is 60.0. The van der Waals surface area contributed by atoms with E-state index in [1.165, 1.54) is 59.9 Å². The molecule has 16 nitrogen and oxygen atoms in total. The number of aryl methyl sites for hydroxylation is 2. The molecule has 83 heavy (non-hydrogen) atoms. The van der Waals surface area contributed by atoms with Crippen LogP contribution in [0.15, 0.2) is 196 Å². The second kappa shape index (κ2) is 27.3. The van der Waals surface area contributed by atoms with Crippen LogP contribution < -0.4 is 26.0 Å². The van der Waals surface area contributed by atoms with E-state index in [1.54, 1.807) is 62.6 Å². The number of nitrogens with one attached hydrogen (secondary N) is 2. The van der Waals surface area contributed by atoms with Crippen LogP contribution in [0, 0.1) is 41.4 Å². The molecule has 4 heterocycles. The zero-order valence-corrected chi connectivity index (χ0v) is 45.9. The Morgan fingerprint density at radius 1 is 0.699 bits per heavy atom. The van der Waals surface area contributed by atoms with Crippen LogP contribution >= 0.6 is 11.3 Å². The molecule has 1 fully saturated rings. The molecule has 1 aliphatic heterocycles. The Hall–Kier alpha value is -10.2. The average Bonchev–Trinajstić information content (AvgIpc) is 4.34.